The van der Waals surface area contributed by atoms with Crippen molar-refractivity contribution in [3.8, 4) is 5.88 Å². The van der Waals surface area contributed by atoms with Crippen molar-refractivity contribution in [1.82, 2.24) is 15.0 Å². The van der Waals surface area contributed by atoms with E-state index in [1.165, 1.54) is 30.6 Å². The minimum Gasteiger partial charge on any atom is -0.475 e. The molecule has 3 heterocycles. The van der Waals surface area contributed by atoms with Gasteiger partial charge in [-0.15, -0.1) is 0 Å². The summed E-state index contributed by atoms with van der Waals surface area (Å²) in [6, 6.07) is 9.57. The van der Waals surface area contributed by atoms with Gasteiger partial charge in [0, 0.05) is 38.4 Å². The molecule has 37 heavy (non-hydrogen) atoms. The highest BCUT2D eigenvalue weighted by atomic mass is 32.2. The van der Waals surface area contributed by atoms with Crippen LogP contribution >= 0.6 is 11.3 Å². The summed E-state index contributed by atoms with van der Waals surface area (Å²) in [7, 11) is -1.93. The molecule has 198 valence electrons. The standard InChI is InChI=1S/C24H29N5O6S2/c1-34-14-4-16-37(32,33)18-7-5-17(6-8-18)21(28-29-11-2-3-12-29)22(31)27-24-25-19-9-10-20(35-15-13-30)26-23(19)36-24/h5-10,30H,2-4,11-16H2,1H3,(H,25,27,31). The third-order valence-electron chi connectivity index (χ3n) is 5.58. The van der Waals surface area contributed by atoms with Gasteiger partial charge >= 0.3 is 0 Å². The van der Waals surface area contributed by atoms with Crippen LogP contribution in [0.3, 0.4) is 0 Å². The maximum atomic E-state index is 13.3. The van der Waals surface area contributed by atoms with E-state index in [0.717, 1.165) is 25.9 Å². The Bertz CT molecular complexity index is 1350. The molecule has 1 saturated heterocycles. The molecular formula is C24H29N5O6S2. The van der Waals surface area contributed by atoms with Crippen molar-refractivity contribution < 1.29 is 27.8 Å². The van der Waals surface area contributed by atoms with E-state index in [1.54, 1.807) is 24.3 Å². The van der Waals surface area contributed by atoms with Gasteiger partial charge in [0.1, 0.15) is 17.0 Å². The largest absolute Gasteiger partial charge is 0.475 e. The highest BCUT2D eigenvalue weighted by Crippen LogP contribution is 2.26. The number of hydrazone groups is 1. The number of thiazole rings is 1. The van der Waals surface area contributed by atoms with Gasteiger partial charge in [-0.05, 0) is 37.5 Å². The number of carbonyl (C=O) groups is 1. The maximum Gasteiger partial charge on any atom is 0.278 e. The molecule has 13 heteroatoms. The van der Waals surface area contributed by atoms with Crippen LogP contribution in [0.5, 0.6) is 5.88 Å². The number of hydrogen-bond donors (Lipinski definition) is 2. The molecule has 0 spiro atoms. The van der Waals surface area contributed by atoms with E-state index in [4.69, 9.17) is 14.6 Å². The fraction of sp³-hybridized carbons (Fsp3) is 0.417. The summed E-state index contributed by atoms with van der Waals surface area (Å²) >= 11 is 1.19. The number of pyridine rings is 1. The summed E-state index contributed by atoms with van der Waals surface area (Å²) in [4.78, 5) is 22.9. The second-order valence-corrected chi connectivity index (χ2v) is 11.4. The average Bonchev–Trinajstić information content (AvgIpc) is 3.55. The number of methoxy groups -OCH3 is 1. The molecule has 0 atom stereocenters. The molecule has 0 bridgehead atoms. The Morgan fingerprint density at radius 3 is 2.59 bits per heavy atom. The lowest BCUT2D eigenvalue weighted by molar-refractivity contribution is -0.110. The smallest absolute Gasteiger partial charge is 0.278 e. The predicted molar refractivity (Wildman–Crippen MR) is 141 cm³/mol. The number of fused-ring (bicyclic) bond motifs is 1. The minimum absolute atomic E-state index is 0.0200. The van der Waals surface area contributed by atoms with Crippen LogP contribution in [0.2, 0.25) is 0 Å². The zero-order valence-corrected chi connectivity index (χ0v) is 22.1. The molecule has 0 unspecified atom stereocenters. The van der Waals surface area contributed by atoms with Crippen molar-refractivity contribution in [3.05, 3.63) is 42.0 Å². The van der Waals surface area contributed by atoms with Crippen LogP contribution in [0.25, 0.3) is 10.3 Å². The second kappa shape index (κ2) is 12.4. The van der Waals surface area contributed by atoms with Crippen LogP contribution in [-0.2, 0) is 19.4 Å². The Hall–Kier alpha value is -3.13. The van der Waals surface area contributed by atoms with Gasteiger partial charge in [0.15, 0.2) is 20.7 Å². The van der Waals surface area contributed by atoms with Gasteiger partial charge < -0.3 is 14.6 Å². The highest BCUT2D eigenvalue weighted by molar-refractivity contribution is 7.91. The number of rotatable bonds is 12. The molecule has 3 aromatic rings. The molecule has 0 saturated carbocycles. The average molecular weight is 548 g/mol. The van der Waals surface area contributed by atoms with Crippen LogP contribution in [0, 0.1) is 0 Å². The third kappa shape index (κ3) is 7.01. The van der Waals surface area contributed by atoms with Crippen LogP contribution in [0.15, 0.2) is 46.4 Å². The van der Waals surface area contributed by atoms with Gasteiger partial charge in [-0.1, -0.05) is 23.5 Å². The maximum absolute atomic E-state index is 13.3. The fourth-order valence-electron chi connectivity index (χ4n) is 3.75. The van der Waals surface area contributed by atoms with E-state index < -0.39 is 15.7 Å². The molecule has 2 N–H and O–H groups in total. The number of aliphatic hydroxyl groups excluding tert-OH is 1. The summed E-state index contributed by atoms with van der Waals surface area (Å²) in [6.45, 7) is 1.85. The molecule has 1 aromatic carbocycles. The van der Waals surface area contributed by atoms with Gasteiger partial charge in [0.05, 0.1) is 17.3 Å². The number of nitrogens with one attached hydrogen (secondary N) is 1. The molecule has 1 aliphatic rings. The van der Waals surface area contributed by atoms with Gasteiger partial charge in [-0.25, -0.2) is 18.4 Å². The molecule has 0 aliphatic carbocycles. The molecule has 1 amide bonds. The number of ether oxygens (including phenoxy) is 2. The number of hydrogen-bond acceptors (Lipinski definition) is 11. The number of benzene rings is 1. The first kappa shape index (κ1) is 26.9. The first-order valence-corrected chi connectivity index (χ1v) is 14.3. The number of sulfone groups is 1. The van der Waals surface area contributed by atoms with E-state index in [9.17, 15) is 13.2 Å². The Kier molecular flexibility index (Phi) is 9.03. The van der Waals surface area contributed by atoms with Crippen molar-refractivity contribution >= 4 is 48.3 Å². The summed E-state index contributed by atoms with van der Waals surface area (Å²) < 4.78 is 35.5. The summed E-state index contributed by atoms with van der Waals surface area (Å²) in [5, 5.41) is 18.5. The molecule has 4 rings (SSSR count). The summed E-state index contributed by atoms with van der Waals surface area (Å²) in [5.74, 6) is -0.122. The first-order chi connectivity index (χ1) is 17.9. The lowest BCUT2D eigenvalue weighted by Crippen LogP contribution is -2.27. The summed E-state index contributed by atoms with van der Waals surface area (Å²) in [6.07, 6.45) is 2.37. The number of nitrogens with zero attached hydrogens (tertiary/aromatic N) is 4. The number of anilines is 1. The fourth-order valence-corrected chi connectivity index (χ4v) is 5.86. The molecule has 11 nitrogen and oxygen atoms in total. The zero-order chi connectivity index (χ0) is 26.3. The number of aromatic nitrogens is 2. The molecule has 1 aliphatic heterocycles. The summed E-state index contributed by atoms with van der Waals surface area (Å²) in [5.41, 5.74) is 1.27. The lowest BCUT2D eigenvalue weighted by atomic mass is 10.1. The van der Waals surface area contributed by atoms with Crippen molar-refractivity contribution in [1.29, 1.82) is 0 Å². The van der Waals surface area contributed by atoms with Crippen molar-refractivity contribution in [3.63, 3.8) is 0 Å². The highest BCUT2D eigenvalue weighted by Gasteiger charge is 2.21. The minimum atomic E-state index is -3.46. The Balaban J connectivity index is 1.56. The molecule has 2 aromatic heterocycles. The first-order valence-electron chi connectivity index (χ1n) is 11.9. The second-order valence-electron chi connectivity index (χ2n) is 8.32. The van der Waals surface area contributed by atoms with Crippen LogP contribution in [0.1, 0.15) is 24.8 Å². The van der Waals surface area contributed by atoms with Gasteiger partial charge in [-0.3, -0.25) is 15.1 Å². The number of amides is 1. The Morgan fingerprint density at radius 1 is 1.14 bits per heavy atom. The number of carbonyl (C=O) groups excluding carboxylic acids is 1. The van der Waals surface area contributed by atoms with Crippen molar-refractivity contribution in [2.45, 2.75) is 24.2 Å². The van der Waals surface area contributed by atoms with E-state index in [-0.39, 0.29) is 29.6 Å². The Labute approximate surface area is 219 Å². The Morgan fingerprint density at radius 2 is 1.89 bits per heavy atom. The quantitative estimate of drug-likeness (QED) is 0.258. The van der Waals surface area contributed by atoms with Crippen LogP contribution in [0.4, 0.5) is 5.13 Å². The molecule has 1 fully saturated rings. The third-order valence-corrected chi connectivity index (χ3v) is 8.28. The van der Waals surface area contributed by atoms with Crippen LogP contribution in [-0.4, -0.2) is 85.9 Å². The van der Waals surface area contributed by atoms with Gasteiger partial charge in [0.25, 0.3) is 5.91 Å². The molecule has 0 radical (unpaired) electrons. The van der Waals surface area contributed by atoms with Crippen molar-refractivity contribution in [2.24, 2.45) is 5.10 Å². The monoisotopic (exact) mass is 547 g/mol. The van der Waals surface area contributed by atoms with Gasteiger partial charge in [0.2, 0.25) is 5.88 Å². The topological polar surface area (TPSA) is 143 Å². The number of aliphatic hydroxyl groups is 1. The van der Waals surface area contributed by atoms with E-state index in [1.807, 2.05) is 5.01 Å². The van der Waals surface area contributed by atoms with E-state index in [0.29, 0.717) is 39.9 Å². The van der Waals surface area contributed by atoms with E-state index in [2.05, 4.69) is 20.4 Å². The lowest BCUT2D eigenvalue weighted by Gasteiger charge is -2.14. The molecular weight excluding hydrogens is 518 g/mol. The van der Waals surface area contributed by atoms with Crippen molar-refractivity contribution in [2.75, 3.05) is 51.1 Å². The van der Waals surface area contributed by atoms with Gasteiger partial charge in [-0.2, -0.15) is 5.10 Å². The SMILES string of the molecule is COCCCS(=O)(=O)c1ccc(C(=NN2CCCC2)C(=O)Nc2nc3ccc(OCCO)nc3s2)cc1. The predicted octanol–water partition coefficient (Wildman–Crippen LogP) is 2.31. The van der Waals surface area contributed by atoms with Crippen LogP contribution < -0.4 is 10.1 Å². The normalized spacial score (nSPS) is 14.3. The van der Waals surface area contributed by atoms with E-state index >= 15 is 0 Å². The zero-order valence-electron chi connectivity index (χ0n) is 20.4.